The zero-order valence-corrected chi connectivity index (χ0v) is 20.7. The van der Waals surface area contributed by atoms with E-state index >= 15 is 0 Å². The van der Waals surface area contributed by atoms with Gasteiger partial charge in [0, 0.05) is 72.0 Å². The summed E-state index contributed by atoms with van der Waals surface area (Å²) in [6.45, 7) is 6.66. The fraction of sp³-hybridized carbons (Fsp3) is 0.778. The number of nitrogens with zero attached hydrogens (tertiary/aromatic N) is 4. The van der Waals surface area contributed by atoms with Crippen molar-refractivity contribution >= 4 is 40.0 Å². The molecule has 2 aliphatic rings. The molecule has 0 atom stereocenters. The predicted octanol–water partition coefficient (Wildman–Crippen LogP) is 0.901. The highest BCUT2D eigenvalue weighted by Crippen LogP contribution is 2.25. The summed E-state index contributed by atoms with van der Waals surface area (Å²) in [5.74, 6) is 0.653. The van der Waals surface area contributed by atoms with Crippen molar-refractivity contribution in [3.63, 3.8) is 0 Å². The number of rotatable bonds is 7. The molecule has 0 spiro atoms. The van der Waals surface area contributed by atoms with Gasteiger partial charge in [0.1, 0.15) is 12.0 Å². The molecule has 1 aromatic heterocycles. The number of sulfonamides is 1. The van der Waals surface area contributed by atoms with Gasteiger partial charge < -0.3 is 24.2 Å². The molecular weight excluding hydrogens is 525 g/mol. The molecule has 30 heavy (non-hydrogen) atoms. The molecule has 172 valence electrons. The lowest BCUT2D eigenvalue weighted by Gasteiger charge is -2.37. The Kier molecular flexibility index (Phi) is 9.78. The maximum atomic E-state index is 12.6. The number of aromatic nitrogens is 1. The van der Waals surface area contributed by atoms with Crippen LogP contribution in [0, 0.1) is 0 Å². The second-order valence-electron chi connectivity index (χ2n) is 7.30. The normalized spacial score (nSPS) is 20.6. The van der Waals surface area contributed by atoms with Crippen LogP contribution in [0.15, 0.2) is 21.8 Å². The molecule has 2 saturated heterocycles. The molecule has 3 rings (SSSR count). The Hall–Kier alpha value is -0.960. The van der Waals surface area contributed by atoms with E-state index in [0.29, 0.717) is 51.6 Å². The van der Waals surface area contributed by atoms with Gasteiger partial charge in [-0.05, 0) is 6.92 Å². The van der Waals surface area contributed by atoms with Crippen molar-refractivity contribution in [3.05, 3.63) is 18.0 Å². The van der Waals surface area contributed by atoms with Gasteiger partial charge in [0.25, 0.3) is 0 Å². The van der Waals surface area contributed by atoms with Crippen LogP contribution in [0.2, 0.25) is 0 Å². The highest BCUT2D eigenvalue weighted by atomic mass is 127. The molecule has 0 unspecified atom stereocenters. The number of piperazine rings is 1. The summed E-state index contributed by atoms with van der Waals surface area (Å²) >= 11 is 0. The third kappa shape index (κ3) is 6.52. The minimum absolute atomic E-state index is 0. The van der Waals surface area contributed by atoms with Crippen LogP contribution in [0.1, 0.15) is 25.5 Å². The zero-order valence-electron chi connectivity index (χ0n) is 17.6. The number of guanidine groups is 1. The smallest absolute Gasteiger partial charge is 0.220 e. The van der Waals surface area contributed by atoms with Crippen LogP contribution in [0.4, 0.5) is 0 Å². The van der Waals surface area contributed by atoms with Crippen molar-refractivity contribution < 1.29 is 22.4 Å². The highest BCUT2D eigenvalue weighted by Gasteiger charge is 2.33. The van der Waals surface area contributed by atoms with Gasteiger partial charge in [-0.3, -0.25) is 4.99 Å². The van der Waals surface area contributed by atoms with Gasteiger partial charge >= 0.3 is 0 Å². The average Bonchev–Trinajstić information content (AvgIpc) is 3.24. The van der Waals surface area contributed by atoms with E-state index in [2.05, 4.69) is 15.4 Å². The van der Waals surface area contributed by atoms with Crippen molar-refractivity contribution in [2.75, 3.05) is 59.6 Å². The van der Waals surface area contributed by atoms with Crippen LogP contribution in [-0.4, -0.2) is 93.9 Å². The van der Waals surface area contributed by atoms with Gasteiger partial charge in [0.15, 0.2) is 5.96 Å². The Morgan fingerprint density at radius 2 is 2.00 bits per heavy atom. The third-order valence-electron chi connectivity index (χ3n) is 5.44. The first-order valence-corrected chi connectivity index (χ1v) is 11.6. The largest absolute Gasteiger partial charge is 0.381 e. The summed E-state index contributed by atoms with van der Waals surface area (Å²) in [6.07, 6.45) is 3.02. The monoisotopic (exact) mass is 557 g/mol. The van der Waals surface area contributed by atoms with Crippen LogP contribution in [0.5, 0.6) is 0 Å². The Morgan fingerprint density at radius 1 is 1.30 bits per heavy atom. The number of hydrogen-bond donors (Lipinski definition) is 1. The summed E-state index contributed by atoms with van der Waals surface area (Å²) in [5, 5.41) is 7.03. The van der Waals surface area contributed by atoms with Gasteiger partial charge in [0.05, 0.1) is 17.8 Å². The van der Waals surface area contributed by atoms with E-state index in [1.54, 1.807) is 13.2 Å². The number of methoxy groups -OCH3 is 1. The average molecular weight is 557 g/mol. The molecule has 12 heteroatoms. The maximum absolute atomic E-state index is 12.6. The second-order valence-corrected chi connectivity index (χ2v) is 9.27. The lowest BCUT2D eigenvalue weighted by molar-refractivity contribution is -0.0829. The van der Waals surface area contributed by atoms with E-state index in [-0.39, 0.29) is 35.3 Å². The fourth-order valence-electron chi connectivity index (χ4n) is 3.58. The molecular formula is C18H32IN5O5S. The van der Waals surface area contributed by atoms with E-state index in [0.717, 1.165) is 25.3 Å². The molecule has 0 aromatic carbocycles. The van der Waals surface area contributed by atoms with Crippen molar-refractivity contribution in [3.8, 4) is 0 Å². The van der Waals surface area contributed by atoms with E-state index in [4.69, 9.17) is 19.0 Å². The molecule has 10 nitrogen and oxygen atoms in total. The maximum Gasteiger partial charge on any atom is 0.220 e. The number of hydrogen-bond acceptors (Lipinski definition) is 7. The Labute approximate surface area is 195 Å². The molecule has 1 aromatic rings. The van der Waals surface area contributed by atoms with Crippen LogP contribution < -0.4 is 5.32 Å². The van der Waals surface area contributed by atoms with Gasteiger partial charge in [-0.25, -0.2) is 8.42 Å². The third-order valence-corrected chi connectivity index (χ3v) is 7.25. The minimum atomic E-state index is -3.42. The van der Waals surface area contributed by atoms with Crippen LogP contribution in [-0.2, 0) is 25.2 Å². The lowest BCUT2D eigenvalue weighted by atomic mass is 9.94. The van der Waals surface area contributed by atoms with E-state index in [1.165, 1.54) is 10.6 Å². The Bertz CT molecular complexity index is 760. The van der Waals surface area contributed by atoms with Crippen LogP contribution in [0.3, 0.4) is 0 Å². The van der Waals surface area contributed by atoms with Gasteiger partial charge in [-0.1, -0.05) is 5.16 Å². The molecule has 3 heterocycles. The predicted molar refractivity (Wildman–Crippen MR) is 123 cm³/mol. The molecule has 2 fully saturated rings. The molecule has 0 amide bonds. The van der Waals surface area contributed by atoms with Crippen molar-refractivity contribution in [2.24, 2.45) is 4.99 Å². The van der Waals surface area contributed by atoms with Crippen molar-refractivity contribution in [2.45, 2.75) is 31.1 Å². The SMILES string of the molecule is CCNC(=NCC1(OC)CCOCC1)N1CCN(S(=O)(=O)Cc2ccon2)CC1.I. The van der Waals surface area contributed by atoms with E-state index in [1.807, 2.05) is 6.92 Å². The first kappa shape index (κ1) is 25.3. The molecule has 0 radical (unpaired) electrons. The Morgan fingerprint density at radius 3 is 2.57 bits per heavy atom. The first-order valence-electron chi connectivity index (χ1n) is 10.0. The van der Waals surface area contributed by atoms with Crippen LogP contribution in [0.25, 0.3) is 0 Å². The summed E-state index contributed by atoms with van der Waals surface area (Å²) < 4.78 is 42.7. The van der Waals surface area contributed by atoms with Crippen molar-refractivity contribution in [1.82, 2.24) is 19.7 Å². The van der Waals surface area contributed by atoms with Gasteiger partial charge in [0.2, 0.25) is 10.0 Å². The summed E-state index contributed by atoms with van der Waals surface area (Å²) in [5.41, 5.74) is 0.130. The first-order chi connectivity index (χ1) is 14.0. The van der Waals surface area contributed by atoms with E-state index in [9.17, 15) is 8.42 Å². The molecule has 0 saturated carbocycles. The van der Waals surface area contributed by atoms with Crippen molar-refractivity contribution in [1.29, 1.82) is 0 Å². The minimum Gasteiger partial charge on any atom is -0.381 e. The van der Waals surface area contributed by atoms with Gasteiger partial charge in [-0.2, -0.15) is 4.31 Å². The lowest BCUT2D eigenvalue weighted by Crippen LogP contribution is -2.54. The standard InChI is InChI=1S/C18H31N5O5S.HI/c1-3-19-17(20-15-18(26-2)5-12-27-13-6-18)22-7-9-23(10-8-22)29(24,25)14-16-4-11-28-21-16;/h4,11H,3,5-10,12-15H2,1-2H3,(H,19,20);1H. The fourth-order valence-corrected chi connectivity index (χ4v) is 5.01. The quantitative estimate of drug-likeness (QED) is 0.299. The molecule has 0 aliphatic carbocycles. The number of nitrogens with one attached hydrogen (secondary N) is 1. The second kappa shape index (κ2) is 11.6. The Balaban J connectivity index is 0.00000320. The summed E-state index contributed by atoms with van der Waals surface area (Å²) in [7, 11) is -1.69. The zero-order chi connectivity index (χ0) is 20.7. The van der Waals surface area contributed by atoms with Crippen LogP contribution >= 0.6 is 24.0 Å². The number of halogens is 1. The van der Waals surface area contributed by atoms with E-state index < -0.39 is 10.0 Å². The molecule has 0 bridgehead atoms. The number of aliphatic imine (C=N–C) groups is 1. The number of ether oxygens (including phenoxy) is 2. The van der Waals surface area contributed by atoms with Gasteiger partial charge in [-0.15, -0.1) is 24.0 Å². The summed E-state index contributed by atoms with van der Waals surface area (Å²) in [6, 6.07) is 1.58. The molecule has 1 N–H and O–H groups in total. The topological polar surface area (TPSA) is 110 Å². The highest BCUT2D eigenvalue weighted by molar-refractivity contribution is 14.0. The molecule has 2 aliphatic heterocycles. The summed E-state index contributed by atoms with van der Waals surface area (Å²) in [4.78, 5) is 6.92.